The number of hydrogen-bond donors (Lipinski definition) is 1. The zero-order valence-corrected chi connectivity index (χ0v) is 16.3. The maximum atomic E-state index is 5.91. The highest BCUT2D eigenvalue weighted by atomic mass is 16.5. The van der Waals surface area contributed by atoms with Crippen LogP contribution in [0.1, 0.15) is 35.2 Å². The number of likely N-dealkylation sites (N-methyl/N-ethyl adjacent to an activating group) is 1. The Bertz CT molecular complexity index is 743. The predicted octanol–water partition coefficient (Wildman–Crippen LogP) is 3.43. The van der Waals surface area contributed by atoms with Crippen molar-refractivity contribution in [2.24, 2.45) is 0 Å². The summed E-state index contributed by atoms with van der Waals surface area (Å²) < 4.78 is 11.6. The molecule has 140 valence electrons. The predicted molar refractivity (Wildman–Crippen MR) is 106 cm³/mol. The van der Waals surface area contributed by atoms with Crippen molar-refractivity contribution in [1.29, 1.82) is 0 Å². The van der Waals surface area contributed by atoms with Crippen LogP contribution in [0.25, 0.3) is 0 Å². The zero-order chi connectivity index (χ0) is 18.5. The number of nitrogens with zero attached hydrogens (tertiary/aromatic N) is 1. The second-order valence-electron chi connectivity index (χ2n) is 7.08. The van der Waals surface area contributed by atoms with Crippen LogP contribution in [0.4, 0.5) is 0 Å². The van der Waals surface area contributed by atoms with Gasteiger partial charge in [-0.1, -0.05) is 25.1 Å². The van der Waals surface area contributed by atoms with Gasteiger partial charge in [0.25, 0.3) is 0 Å². The first-order valence-corrected chi connectivity index (χ1v) is 9.43. The number of benzene rings is 2. The van der Waals surface area contributed by atoms with Crippen molar-refractivity contribution in [2.75, 3.05) is 40.9 Å². The van der Waals surface area contributed by atoms with Crippen LogP contribution < -0.4 is 14.8 Å². The highest BCUT2D eigenvalue weighted by Gasteiger charge is 2.24. The van der Waals surface area contributed by atoms with Crippen molar-refractivity contribution in [3.8, 4) is 11.5 Å². The van der Waals surface area contributed by atoms with Crippen LogP contribution in [-0.2, 0) is 12.8 Å². The van der Waals surface area contributed by atoms with Gasteiger partial charge in [0, 0.05) is 18.7 Å². The SMILES string of the molecule is CCc1ccc(C2NCCc3cc(OCCN(C)C)ccc32)c(OC)c1. The van der Waals surface area contributed by atoms with E-state index in [0.29, 0.717) is 6.61 Å². The number of nitrogens with one attached hydrogen (secondary N) is 1. The molecule has 0 spiro atoms. The molecule has 0 aromatic heterocycles. The van der Waals surface area contributed by atoms with Gasteiger partial charge in [0.1, 0.15) is 18.1 Å². The third kappa shape index (κ3) is 4.19. The number of methoxy groups -OCH3 is 1. The molecule has 0 radical (unpaired) electrons. The molecule has 2 aromatic carbocycles. The van der Waals surface area contributed by atoms with Crippen LogP contribution in [0.15, 0.2) is 36.4 Å². The Morgan fingerprint density at radius 1 is 1.12 bits per heavy atom. The maximum Gasteiger partial charge on any atom is 0.124 e. The molecule has 0 aliphatic carbocycles. The van der Waals surface area contributed by atoms with Gasteiger partial charge >= 0.3 is 0 Å². The molecule has 1 atom stereocenters. The number of hydrogen-bond acceptors (Lipinski definition) is 4. The summed E-state index contributed by atoms with van der Waals surface area (Å²) in [5.74, 6) is 1.92. The number of fused-ring (bicyclic) bond motifs is 1. The second kappa shape index (κ2) is 8.56. The first-order valence-electron chi connectivity index (χ1n) is 9.43. The van der Waals surface area contributed by atoms with E-state index >= 15 is 0 Å². The Hall–Kier alpha value is -2.04. The molecular weight excluding hydrogens is 324 g/mol. The minimum absolute atomic E-state index is 0.162. The van der Waals surface area contributed by atoms with Crippen molar-refractivity contribution < 1.29 is 9.47 Å². The average Bonchev–Trinajstić information content (AvgIpc) is 2.66. The van der Waals surface area contributed by atoms with Crippen LogP contribution in [0.5, 0.6) is 11.5 Å². The van der Waals surface area contributed by atoms with E-state index in [0.717, 1.165) is 37.4 Å². The Morgan fingerprint density at radius 2 is 1.92 bits per heavy atom. The van der Waals surface area contributed by atoms with Crippen molar-refractivity contribution >= 4 is 0 Å². The molecule has 4 nitrogen and oxygen atoms in total. The highest BCUT2D eigenvalue weighted by Crippen LogP contribution is 2.36. The molecule has 0 saturated heterocycles. The van der Waals surface area contributed by atoms with Crippen molar-refractivity contribution in [2.45, 2.75) is 25.8 Å². The van der Waals surface area contributed by atoms with E-state index in [1.165, 1.54) is 22.3 Å². The van der Waals surface area contributed by atoms with Gasteiger partial charge in [-0.05, 0) is 61.8 Å². The number of rotatable bonds is 7. The Balaban J connectivity index is 1.85. The summed E-state index contributed by atoms with van der Waals surface area (Å²) in [5, 5.41) is 3.65. The fourth-order valence-corrected chi connectivity index (χ4v) is 3.47. The van der Waals surface area contributed by atoms with Crippen molar-refractivity contribution in [3.05, 3.63) is 58.7 Å². The van der Waals surface area contributed by atoms with Gasteiger partial charge in [-0.3, -0.25) is 0 Å². The Kier molecular flexibility index (Phi) is 6.17. The molecule has 1 heterocycles. The van der Waals surface area contributed by atoms with Gasteiger partial charge in [-0.2, -0.15) is 0 Å². The van der Waals surface area contributed by atoms with Gasteiger partial charge in [0.15, 0.2) is 0 Å². The van der Waals surface area contributed by atoms with E-state index in [2.05, 4.69) is 67.6 Å². The molecule has 2 aromatic rings. The van der Waals surface area contributed by atoms with Gasteiger partial charge in [0.05, 0.1) is 13.2 Å². The van der Waals surface area contributed by atoms with Gasteiger partial charge in [-0.15, -0.1) is 0 Å². The molecule has 0 amide bonds. The van der Waals surface area contributed by atoms with E-state index in [4.69, 9.17) is 9.47 Å². The first kappa shape index (κ1) is 18.7. The summed E-state index contributed by atoms with van der Waals surface area (Å²) in [6.07, 6.45) is 2.03. The largest absolute Gasteiger partial charge is 0.496 e. The minimum Gasteiger partial charge on any atom is -0.496 e. The summed E-state index contributed by atoms with van der Waals surface area (Å²) in [5.41, 5.74) is 5.18. The summed E-state index contributed by atoms with van der Waals surface area (Å²) in [4.78, 5) is 2.13. The second-order valence-corrected chi connectivity index (χ2v) is 7.08. The normalized spacial score (nSPS) is 16.4. The standard InChI is InChI=1S/C22H30N2O2/c1-5-16-6-8-20(21(14-16)25-4)22-19-9-7-18(26-13-12-24(2)3)15-17(19)10-11-23-22/h6-9,14-15,22-23H,5,10-13H2,1-4H3. The molecule has 0 saturated carbocycles. The summed E-state index contributed by atoms with van der Waals surface area (Å²) in [7, 11) is 5.87. The molecule has 26 heavy (non-hydrogen) atoms. The van der Waals surface area contributed by atoms with Gasteiger partial charge < -0.3 is 19.7 Å². The third-order valence-corrected chi connectivity index (χ3v) is 4.99. The smallest absolute Gasteiger partial charge is 0.124 e. The Morgan fingerprint density at radius 3 is 2.65 bits per heavy atom. The molecule has 0 bridgehead atoms. The average molecular weight is 354 g/mol. The van der Waals surface area contributed by atoms with E-state index in [-0.39, 0.29) is 6.04 Å². The summed E-state index contributed by atoms with van der Waals surface area (Å²) in [6, 6.07) is 13.2. The lowest BCUT2D eigenvalue weighted by atomic mass is 9.88. The lowest BCUT2D eigenvalue weighted by molar-refractivity contribution is 0.261. The van der Waals surface area contributed by atoms with Crippen LogP contribution in [0, 0.1) is 0 Å². The van der Waals surface area contributed by atoms with Crippen molar-refractivity contribution in [1.82, 2.24) is 10.2 Å². The van der Waals surface area contributed by atoms with E-state index < -0.39 is 0 Å². The number of aryl methyl sites for hydroxylation is 1. The maximum absolute atomic E-state index is 5.91. The van der Waals surface area contributed by atoms with E-state index in [1.807, 2.05) is 0 Å². The third-order valence-electron chi connectivity index (χ3n) is 4.99. The summed E-state index contributed by atoms with van der Waals surface area (Å²) in [6.45, 7) is 4.75. The van der Waals surface area contributed by atoms with Crippen LogP contribution in [-0.4, -0.2) is 45.8 Å². The molecular formula is C22H30N2O2. The quantitative estimate of drug-likeness (QED) is 0.826. The lowest BCUT2D eigenvalue weighted by Gasteiger charge is -2.29. The van der Waals surface area contributed by atoms with Crippen LogP contribution >= 0.6 is 0 Å². The monoisotopic (exact) mass is 354 g/mol. The topological polar surface area (TPSA) is 33.7 Å². The molecule has 1 aliphatic rings. The fraction of sp³-hybridized carbons (Fsp3) is 0.455. The molecule has 1 unspecified atom stereocenters. The fourth-order valence-electron chi connectivity index (χ4n) is 3.47. The van der Waals surface area contributed by atoms with Gasteiger partial charge in [-0.25, -0.2) is 0 Å². The van der Waals surface area contributed by atoms with Crippen LogP contribution in [0.3, 0.4) is 0 Å². The van der Waals surface area contributed by atoms with Crippen molar-refractivity contribution in [3.63, 3.8) is 0 Å². The zero-order valence-electron chi connectivity index (χ0n) is 16.3. The molecule has 1 aliphatic heterocycles. The Labute approximate surface area is 157 Å². The molecule has 4 heteroatoms. The molecule has 0 fully saturated rings. The molecule has 3 rings (SSSR count). The first-order chi connectivity index (χ1) is 12.6. The molecule has 1 N–H and O–H groups in total. The van der Waals surface area contributed by atoms with E-state index in [9.17, 15) is 0 Å². The minimum atomic E-state index is 0.162. The van der Waals surface area contributed by atoms with Gasteiger partial charge in [0.2, 0.25) is 0 Å². The van der Waals surface area contributed by atoms with Crippen LogP contribution in [0.2, 0.25) is 0 Å². The lowest BCUT2D eigenvalue weighted by Crippen LogP contribution is -2.31. The summed E-state index contributed by atoms with van der Waals surface area (Å²) >= 11 is 0. The highest BCUT2D eigenvalue weighted by molar-refractivity contribution is 5.48. The number of ether oxygens (including phenoxy) is 2. The van der Waals surface area contributed by atoms with E-state index in [1.54, 1.807) is 7.11 Å².